The van der Waals surface area contributed by atoms with Gasteiger partial charge in [-0.05, 0) is 135 Å². The number of benzene rings is 2. The summed E-state index contributed by atoms with van der Waals surface area (Å²) < 4.78 is 60.8. The maximum absolute atomic E-state index is 13.7. The van der Waals surface area contributed by atoms with Gasteiger partial charge in [-0.3, -0.25) is 19.0 Å². The molecule has 27 heteroatoms. The monoisotopic (exact) mass is 1200 g/mol. The van der Waals surface area contributed by atoms with Gasteiger partial charge in [0.1, 0.15) is 16.6 Å². The molecule has 4 aliphatic heterocycles. The summed E-state index contributed by atoms with van der Waals surface area (Å²) in [5.74, 6) is 0.284. The molecule has 0 aliphatic carbocycles. The van der Waals surface area contributed by atoms with E-state index in [0.717, 1.165) is 119 Å². The molecule has 4 atom stereocenters. The lowest BCUT2D eigenvalue weighted by molar-refractivity contribution is 0.0507. The van der Waals surface area contributed by atoms with E-state index in [1.807, 2.05) is 57.3 Å². The quantitative estimate of drug-likeness (QED) is 0.0809. The minimum atomic E-state index is -3.58. The van der Waals surface area contributed by atoms with Crippen molar-refractivity contribution >= 4 is 101 Å². The van der Waals surface area contributed by atoms with E-state index in [-0.39, 0.29) is 66.0 Å². The fourth-order valence-corrected chi connectivity index (χ4v) is 11.9. The summed E-state index contributed by atoms with van der Waals surface area (Å²) in [6, 6.07) is 16.5. The average molecular weight is 1200 g/mol. The second-order valence-corrected chi connectivity index (χ2v) is 26.4. The predicted octanol–water partition coefficient (Wildman–Crippen LogP) is 8.17. The van der Waals surface area contributed by atoms with Crippen molar-refractivity contribution in [2.24, 2.45) is 5.73 Å². The normalized spacial score (nSPS) is 19.7. The van der Waals surface area contributed by atoms with Crippen LogP contribution in [0.15, 0.2) is 60.7 Å². The van der Waals surface area contributed by atoms with E-state index >= 15 is 0 Å². The van der Waals surface area contributed by atoms with Crippen molar-refractivity contribution in [2.75, 3.05) is 66.1 Å². The van der Waals surface area contributed by atoms with E-state index in [1.165, 1.54) is 24.3 Å². The summed E-state index contributed by atoms with van der Waals surface area (Å²) in [7, 11) is -7.15. The highest BCUT2D eigenvalue weighted by Crippen LogP contribution is 2.37. The molecule has 80 heavy (non-hydrogen) atoms. The number of sulfonamides is 2. The number of aryl methyl sites for hydroxylation is 2. The van der Waals surface area contributed by atoms with Crippen LogP contribution in [0.4, 0.5) is 22.0 Å². The number of amides is 3. The van der Waals surface area contributed by atoms with Gasteiger partial charge < -0.3 is 35.8 Å². The molecule has 10 rings (SSSR count). The third kappa shape index (κ3) is 15.5. The number of rotatable bonds is 10. The Balaban J connectivity index is 0.000000191. The highest BCUT2D eigenvalue weighted by Gasteiger charge is 2.35. The number of carbonyl (C=O) groups is 3. The topological polar surface area (TPSA) is 273 Å². The van der Waals surface area contributed by atoms with Crippen molar-refractivity contribution in [3.63, 3.8) is 0 Å². The van der Waals surface area contributed by atoms with Gasteiger partial charge in [-0.25, -0.2) is 40.6 Å². The van der Waals surface area contributed by atoms with Gasteiger partial charge in [0.2, 0.25) is 20.0 Å². The number of anilines is 3. The van der Waals surface area contributed by atoms with Crippen LogP contribution >= 0.6 is 34.8 Å². The van der Waals surface area contributed by atoms with Crippen LogP contribution in [0.5, 0.6) is 0 Å². The first-order valence-corrected chi connectivity index (χ1v) is 31.4. The Bertz CT molecular complexity index is 3500. The number of nitrogens with two attached hydrogens (primary N) is 1. The molecular weight excluding hydrogens is 1130 g/mol. The third-order valence-corrected chi connectivity index (χ3v) is 15.6. The number of halogens is 3. The number of piperidine rings is 2. The Morgan fingerprint density at radius 3 is 1.68 bits per heavy atom. The molecule has 8 heterocycles. The number of aromatic nitrogens is 6. The van der Waals surface area contributed by atoms with Gasteiger partial charge in [-0.2, -0.15) is 10.2 Å². The van der Waals surface area contributed by atoms with E-state index < -0.39 is 25.6 Å². The molecule has 0 saturated carbocycles. The summed E-state index contributed by atoms with van der Waals surface area (Å²) in [5, 5.41) is 16.6. The molecular formula is C53H71Cl3N14O8S2. The van der Waals surface area contributed by atoms with Crippen molar-refractivity contribution in [1.82, 2.24) is 49.6 Å². The lowest BCUT2D eigenvalue weighted by atomic mass is 9.98. The molecule has 0 radical (unpaired) electrons. The van der Waals surface area contributed by atoms with Gasteiger partial charge in [0.15, 0.2) is 11.3 Å². The van der Waals surface area contributed by atoms with Gasteiger partial charge in [0, 0.05) is 85.9 Å². The number of nitrogens with one attached hydrogen (secondary N) is 4. The fourth-order valence-electron chi connectivity index (χ4n) is 10.2. The molecule has 434 valence electrons. The molecule has 4 aliphatic rings. The van der Waals surface area contributed by atoms with Crippen LogP contribution < -0.4 is 30.7 Å². The van der Waals surface area contributed by atoms with E-state index in [0.29, 0.717) is 39.6 Å². The van der Waals surface area contributed by atoms with Crippen LogP contribution in [0.3, 0.4) is 0 Å². The average Bonchev–Trinajstić information content (AvgIpc) is 4.34. The van der Waals surface area contributed by atoms with Crippen LogP contribution in [0.2, 0.25) is 15.2 Å². The van der Waals surface area contributed by atoms with Crippen LogP contribution in [0.25, 0.3) is 11.3 Å². The first-order chi connectivity index (χ1) is 37.7. The van der Waals surface area contributed by atoms with Gasteiger partial charge in [-0.1, -0.05) is 34.8 Å². The second kappa shape index (κ2) is 25.0. The summed E-state index contributed by atoms with van der Waals surface area (Å²) in [4.78, 5) is 53.4. The number of ether oxygens (including phenoxy) is 1. The Hall–Kier alpha value is -6.02. The first kappa shape index (κ1) is 60.1. The van der Waals surface area contributed by atoms with Crippen molar-refractivity contribution in [3.05, 3.63) is 110 Å². The Labute approximate surface area is 483 Å². The zero-order valence-electron chi connectivity index (χ0n) is 45.8. The number of likely N-dealkylation sites (tertiary alicyclic amines) is 2. The Morgan fingerprint density at radius 2 is 1.21 bits per heavy atom. The number of hydrogen-bond acceptors (Lipinski definition) is 15. The summed E-state index contributed by atoms with van der Waals surface area (Å²) in [5.41, 5.74) is 11.1. The van der Waals surface area contributed by atoms with Crippen molar-refractivity contribution in [2.45, 2.75) is 116 Å². The minimum absolute atomic E-state index is 0. The number of nitrogens with zero attached hydrogens (tertiary/aromatic N) is 9. The summed E-state index contributed by atoms with van der Waals surface area (Å²) in [6.07, 6.45) is 8.77. The van der Waals surface area contributed by atoms with E-state index in [4.69, 9.17) is 55.4 Å². The van der Waals surface area contributed by atoms with Gasteiger partial charge in [-0.15, -0.1) is 0 Å². The van der Waals surface area contributed by atoms with E-state index in [9.17, 15) is 31.2 Å². The molecule has 4 aromatic heterocycles. The van der Waals surface area contributed by atoms with Crippen LogP contribution in [-0.4, -0.2) is 143 Å². The highest BCUT2D eigenvalue weighted by molar-refractivity contribution is 7.92. The molecule has 22 nitrogen and oxygen atoms in total. The van der Waals surface area contributed by atoms with Crippen LogP contribution in [0, 0.1) is 13.8 Å². The number of alkyl carbamates (subject to hydrolysis) is 1. The molecule has 0 unspecified atom stereocenters. The lowest BCUT2D eigenvalue weighted by Gasteiger charge is -2.35. The van der Waals surface area contributed by atoms with Crippen molar-refractivity contribution in [3.8, 4) is 0 Å². The molecule has 6 N–H and O–H groups in total. The SMILES string of the molecule is CC(C)(C)OC(=O)N[C@H]1CCNC1.Cc1cc(Cl)nc2cc([C@@H]3CCCCN3C(=O)c3cc(Cl)ccc3NS(C)(=O)=O)nn12.Cc1cc(N2CC[C@H](N)C2)nc2cc([C@@H]3CCCCN3C(=O)c3cc(Cl)ccc3NS(C)(=O)=O)nn12.[HH]. The standard InChI is InChI=1S/C24H30ClN7O3S.C20H21Cl2N5O3S.C9H18N2O2.H2/c1-15-11-22(30-10-8-17(26)14-30)27-23-13-20(28-32(15)23)21-5-3-4-9-31(21)24(33)18-12-16(25)6-7-19(18)29-36(2,34)35;1-12-9-18(22)23-19-11-16(24-27(12)19)17-5-3-4-8-26(17)20(28)14-10-13(21)6-7-15(14)25-31(2,29)30;1-9(2,3)13-8(12)11-7-4-5-10-6-7;/h6-7,11-13,17,21,29H,3-5,8-10,14,26H2,1-2H3;6-7,9-11,17,25H,3-5,8H2,1-2H3;7,10H,4-6H2,1-3H3,(H,11,12);1H/t17-,21-;17-;7-;/m000./s1. The number of carbonyl (C=O) groups excluding carboxylic acids is 3. The molecule has 6 aromatic rings. The highest BCUT2D eigenvalue weighted by atomic mass is 35.5. The van der Waals surface area contributed by atoms with Crippen LogP contribution in [0.1, 0.15) is 129 Å². The van der Waals surface area contributed by atoms with E-state index in [1.54, 1.807) is 32.5 Å². The van der Waals surface area contributed by atoms with Crippen molar-refractivity contribution < 1.29 is 37.4 Å². The van der Waals surface area contributed by atoms with Gasteiger partial charge in [0.25, 0.3) is 11.8 Å². The Kier molecular flexibility index (Phi) is 18.8. The van der Waals surface area contributed by atoms with Gasteiger partial charge >= 0.3 is 6.09 Å². The van der Waals surface area contributed by atoms with Crippen molar-refractivity contribution in [1.29, 1.82) is 0 Å². The summed E-state index contributed by atoms with van der Waals surface area (Å²) >= 11 is 18.4. The third-order valence-electron chi connectivity index (χ3n) is 13.8. The first-order valence-electron chi connectivity index (χ1n) is 26.5. The zero-order valence-corrected chi connectivity index (χ0v) is 49.7. The largest absolute Gasteiger partial charge is 0.444 e. The molecule has 0 spiro atoms. The minimum Gasteiger partial charge on any atom is -0.444 e. The Morgan fingerprint density at radius 1 is 0.700 bits per heavy atom. The van der Waals surface area contributed by atoms with Gasteiger partial charge in [0.05, 0.1) is 58.5 Å². The summed E-state index contributed by atoms with van der Waals surface area (Å²) in [6.45, 7) is 14.0. The second-order valence-electron chi connectivity index (χ2n) is 21.6. The molecule has 3 amide bonds. The molecule has 4 fully saturated rings. The molecule has 2 aromatic carbocycles. The predicted molar refractivity (Wildman–Crippen MR) is 313 cm³/mol. The maximum atomic E-state index is 13.7. The molecule has 0 bridgehead atoms. The smallest absolute Gasteiger partial charge is 0.407 e. The molecule has 4 saturated heterocycles. The maximum Gasteiger partial charge on any atom is 0.407 e. The fraction of sp³-hybridized carbons (Fsp3) is 0.491. The lowest BCUT2D eigenvalue weighted by Crippen LogP contribution is -2.40. The zero-order chi connectivity index (χ0) is 57.8. The van der Waals surface area contributed by atoms with E-state index in [2.05, 4.69) is 35.1 Å². The number of hydrogen-bond donors (Lipinski definition) is 5. The number of fused-ring (bicyclic) bond motifs is 2. The van der Waals surface area contributed by atoms with Crippen LogP contribution in [-0.2, 0) is 24.8 Å².